The third kappa shape index (κ3) is 2.61. The van der Waals surface area contributed by atoms with Crippen molar-refractivity contribution in [2.24, 2.45) is 5.92 Å². The molecule has 1 fully saturated rings. The molecule has 0 aromatic carbocycles. The van der Waals surface area contributed by atoms with Gasteiger partial charge in [0.05, 0.1) is 18.0 Å². The summed E-state index contributed by atoms with van der Waals surface area (Å²) >= 11 is 0. The lowest BCUT2D eigenvalue weighted by atomic mass is 9.98. The molecule has 0 saturated carbocycles. The van der Waals surface area contributed by atoms with Crippen LogP contribution in [0, 0.1) is 12.8 Å². The van der Waals surface area contributed by atoms with E-state index in [9.17, 15) is 0 Å². The third-order valence-corrected chi connectivity index (χ3v) is 3.57. The summed E-state index contributed by atoms with van der Waals surface area (Å²) in [4.78, 5) is 0. The number of rotatable bonds is 4. The van der Waals surface area contributed by atoms with E-state index in [0.717, 1.165) is 49.8 Å². The smallest absolute Gasteiger partial charge is 0.148 e. The zero-order valence-corrected chi connectivity index (χ0v) is 11.6. The van der Waals surface area contributed by atoms with Gasteiger partial charge in [-0.3, -0.25) is 0 Å². The number of aryl methyl sites for hydroxylation is 2. The number of hydrogen-bond donors (Lipinski definition) is 2. The van der Waals surface area contributed by atoms with E-state index < -0.39 is 0 Å². The van der Waals surface area contributed by atoms with Crippen LogP contribution in [0.1, 0.15) is 32.4 Å². The van der Waals surface area contributed by atoms with Crippen LogP contribution in [0.4, 0.5) is 11.5 Å². The topological polar surface area (TPSA) is 65.1 Å². The van der Waals surface area contributed by atoms with E-state index in [-0.39, 0.29) is 0 Å². The Bertz CT molecular complexity index is 402. The van der Waals surface area contributed by atoms with Gasteiger partial charge < -0.3 is 15.8 Å². The molecule has 0 aliphatic carbocycles. The maximum Gasteiger partial charge on any atom is 0.148 e. The molecule has 0 amide bonds. The molecule has 0 bridgehead atoms. The fraction of sp³-hybridized carbons (Fsp3) is 0.769. The summed E-state index contributed by atoms with van der Waals surface area (Å²) in [6, 6.07) is 0.424. The number of nitrogens with one attached hydrogen (secondary N) is 1. The van der Waals surface area contributed by atoms with Gasteiger partial charge in [-0.2, -0.15) is 5.10 Å². The first-order valence-corrected chi connectivity index (χ1v) is 6.80. The highest BCUT2D eigenvalue weighted by Gasteiger charge is 2.24. The van der Waals surface area contributed by atoms with Crippen molar-refractivity contribution < 1.29 is 4.74 Å². The van der Waals surface area contributed by atoms with Crippen molar-refractivity contribution in [3.05, 3.63) is 5.69 Å². The number of nitrogens with zero attached hydrogens (tertiary/aromatic N) is 2. The van der Waals surface area contributed by atoms with Crippen LogP contribution < -0.4 is 11.1 Å². The lowest BCUT2D eigenvalue weighted by molar-refractivity contribution is 0.0536. The van der Waals surface area contributed by atoms with E-state index in [1.54, 1.807) is 0 Å². The minimum absolute atomic E-state index is 0.424. The number of ether oxygens (including phenoxy) is 1. The fourth-order valence-electron chi connectivity index (χ4n) is 2.39. The summed E-state index contributed by atoms with van der Waals surface area (Å²) in [7, 11) is 0. The molecule has 18 heavy (non-hydrogen) atoms. The highest BCUT2D eigenvalue weighted by molar-refractivity contribution is 5.65. The van der Waals surface area contributed by atoms with E-state index in [1.165, 1.54) is 0 Å². The Kier molecular flexibility index (Phi) is 4.11. The van der Waals surface area contributed by atoms with Crippen LogP contribution in [0.15, 0.2) is 0 Å². The Morgan fingerprint density at radius 3 is 3.00 bits per heavy atom. The highest BCUT2D eigenvalue weighted by Crippen LogP contribution is 2.26. The van der Waals surface area contributed by atoms with Gasteiger partial charge in [0, 0.05) is 19.2 Å². The van der Waals surface area contributed by atoms with Gasteiger partial charge in [0.25, 0.3) is 0 Å². The maximum atomic E-state index is 6.12. The van der Waals surface area contributed by atoms with Crippen LogP contribution in [0.2, 0.25) is 0 Å². The molecule has 2 atom stereocenters. The standard InChI is InChI=1S/C13H24N4O/c1-4-6-17-13(12(14)10(3)16-17)15-11-5-7-18-8-9(11)2/h9,11,15H,4-8,14H2,1-3H3. The molecule has 0 spiro atoms. The molecule has 0 radical (unpaired) electrons. The molecular weight excluding hydrogens is 228 g/mol. The minimum atomic E-state index is 0.424. The first-order chi connectivity index (χ1) is 8.63. The molecule has 102 valence electrons. The van der Waals surface area contributed by atoms with Gasteiger partial charge in [0.15, 0.2) is 0 Å². The van der Waals surface area contributed by atoms with Crippen molar-refractivity contribution in [3.8, 4) is 0 Å². The lowest BCUT2D eigenvalue weighted by Gasteiger charge is -2.30. The summed E-state index contributed by atoms with van der Waals surface area (Å²) in [5.41, 5.74) is 7.81. The molecule has 1 aromatic rings. The second-order valence-electron chi connectivity index (χ2n) is 5.16. The van der Waals surface area contributed by atoms with Crippen molar-refractivity contribution in [2.45, 2.75) is 46.2 Å². The van der Waals surface area contributed by atoms with Gasteiger partial charge >= 0.3 is 0 Å². The van der Waals surface area contributed by atoms with E-state index in [1.807, 2.05) is 11.6 Å². The van der Waals surface area contributed by atoms with Crippen LogP contribution in [-0.4, -0.2) is 29.0 Å². The van der Waals surface area contributed by atoms with E-state index in [2.05, 4.69) is 24.3 Å². The van der Waals surface area contributed by atoms with E-state index in [0.29, 0.717) is 12.0 Å². The van der Waals surface area contributed by atoms with Crippen LogP contribution in [0.5, 0.6) is 0 Å². The zero-order valence-electron chi connectivity index (χ0n) is 11.6. The Morgan fingerprint density at radius 2 is 2.33 bits per heavy atom. The summed E-state index contributed by atoms with van der Waals surface area (Å²) < 4.78 is 7.46. The zero-order chi connectivity index (χ0) is 13.1. The molecule has 3 N–H and O–H groups in total. The molecule has 2 rings (SSSR count). The molecule has 1 aliphatic heterocycles. The predicted octanol–water partition coefficient (Wildman–Crippen LogP) is 2.02. The van der Waals surface area contributed by atoms with Crippen LogP contribution in [-0.2, 0) is 11.3 Å². The van der Waals surface area contributed by atoms with Gasteiger partial charge in [0.2, 0.25) is 0 Å². The number of aromatic nitrogens is 2. The number of hydrogen-bond acceptors (Lipinski definition) is 4. The van der Waals surface area contributed by atoms with Crippen LogP contribution in [0.25, 0.3) is 0 Å². The van der Waals surface area contributed by atoms with Crippen molar-refractivity contribution >= 4 is 11.5 Å². The third-order valence-electron chi connectivity index (χ3n) is 3.57. The Balaban J connectivity index is 2.16. The summed E-state index contributed by atoms with van der Waals surface area (Å²) in [5.74, 6) is 1.48. The van der Waals surface area contributed by atoms with E-state index in [4.69, 9.17) is 10.5 Å². The quantitative estimate of drug-likeness (QED) is 0.860. The van der Waals surface area contributed by atoms with Gasteiger partial charge in [0.1, 0.15) is 5.82 Å². The molecule has 1 aliphatic rings. The summed E-state index contributed by atoms with van der Waals surface area (Å²) in [6.45, 7) is 8.85. The maximum absolute atomic E-state index is 6.12. The number of nitrogen functional groups attached to an aromatic ring is 1. The van der Waals surface area contributed by atoms with Crippen molar-refractivity contribution in [1.82, 2.24) is 9.78 Å². The number of anilines is 2. The SMILES string of the molecule is CCCn1nc(C)c(N)c1NC1CCOCC1C. The molecule has 2 heterocycles. The van der Waals surface area contributed by atoms with Crippen molar-refractivity contribution in [3.63, 3.8) is 0 Å². The molecule has 5 heteroatoms. The molecule has 2 unspecified atom stereocenters. The van der Waals surface area contributed by atoms with Crippen LogP contribution in [0.3, 0.4) is 0 Å². The van der Waals surface area contributed by atoms with Crippen LogP contribution >= 0.6 is 0 Å². The first kappa shape index (κ1) is 13.2. The molecule has 1 saturated heterocycles. The predicted molar refractivity (Wildman–Crippen MR) is 73.7 cm³/mol. The minimum Gasteiger partial charge on any atom is -0.394 e. The highest BCUT2D eigenvalue weighted by atomic mass is 16.5. The number of nitrogens with two attached hydrogens (primary N) is 1. The van der Waals surface area contributed by atoms with Crippen molar-refractivity contribution in [2.75, 3.05) is 24.3 Å². The Morgan fingerprint density at radius 1 is 1.56 bits per heavy atom. The first-order valence-electron chi connectivity index (χ1n) is 6.80. The Hall–Kier alpha value is -1.23. The second-order valence-corrected chi connectivity index (χ2v) is 5.16. The summed E-state index contributed by atoms with van der Waals surface area (Å²) in [5, 5.41) is 8.06. The molecular formula is C13H24N4O. The van der Waals surface area contributed by atoms with Gasteiger partial charge in [-0.15, -0.1) is 0 Å². The average molecular weight is 252 g/mol. The van der Waals surface area contributed by atoms with Gasteiger partial charge in [-0.05, 0) is 25.7 Å². The molecule has 1 aromatic heterocycles. The van der Waals surface area contributed by atoms with E-state index >= 15 is 0 Å². The second kappa shape index (κ2) is 5.61. The van der Waals surface area contributed by atoms with Gasteiger partial charge in [-0.1, -0.05) is 13.8 Å². The largest absolute Gasteiger partial charge is 0.394 e. The fourth-order valence-corrected chi connectivity index (χ4v) is 2.39. The Labute approximate surface area is 109 Å². The summed E-state index contributed by atoms with van der Waals surface area (Å²) in [6.07, 6.45) is 2.08. The van der Waals surface area contributed by atoms with Crippen molar-refractivity contribution in [1.29, 1.82) is 0 Å². The van der Waals surface area contributed by atoms with Gasteiger partial charge in [-0.25, -0.2) is 4.68 Å². The molecule has 5 nitrogen and oxygen atoms in total. The normalized spacial score (nSPS) is 24.2. The average Bonchev–Trinajstić information content (AvgIpc) is 2.60. The monoisotopic (exact) mass is 252 g/mol. The lowest BCUT2D eigenvalue weighted by Crippen LogP contribution is -2.36.